The van der Waals surface area contributed by atoms with Crippen molar-refractivity contribution in [1.29, 1.82) is 0 Å². The van der Waals surface area contributed by atoms with Crippen molar-refractivity contribution in [3.05, 3.63) is 18.2 Å². The Hall–Kier alpha value is -1.20. The monoisotopic (exact) mass is 266 g/mol. The average molecular weight is 266 g/mol. The van der Waals surface area contributed by atoms with E-state index in [9.17, 15) is 0 Å². The van der Waals surface area contributed by atoms with E-state index in [1.165, 1.54) is 0 Å². The molecule has 0 bridgehead atoms. The van der Waals surface area contributed by atoms with E-state index in [1.807, 2.05) is 13.8 Å². The summed E-state index contributed by atoms with van der Waals surface area (Å²) in [6.07, 6.45) is 4.21. The van der Waals surface area contributed by atoms with Crippen molar-refractivity contribution in [2.75, 3.05) is 13.2 Å². The van der Waals surface area contributed by atoms with Crippen molar-refractivity contribution in [2.24, 2.45) is 5.92 Å². The molecule has 1 aliphatic rings. The molecule has 0 N–H and O–H groups in total. The fourth-order valence-corrected chi connectivity index (χ4v) is 1.79. The molecular weight excluding hydrogens is 244 g/mol. The van der Waals surface area contributed by atoms with Crippen LogP contribution in [0.25, 0.3) is 0 Å². The Morgan fingerprint density at radius 1 is 1.37 bits per heavy atom. The van der Waals surface area contributed by atoms with Crippen molar-refractivity contribution < 1.29 is 14.2 Å². The maximum atomic E-state index is 5.70. The third-order valence-electron chi connectivity index (χ3n) is 2.91. The molecule has 5 nitrogen and oxygen atoms in total. The molecule has 0 saturated carbocycles. The Morgan fingerprint density at radius 3 is 2.58 bits per heavy atom. The Bertz CT molecular complexity index is 404. The molecule has 0 aromatic carbocycles. The Kier molecular flexibility index (Phi) is 4.37. The second-order valence-electron chi connectivity index (χ2n) is 5.63. The van der Waals surface area contributed by atoms with Gasteiger partial charge in [0.1, 0.15) is 6.10 Å². The highest BCUT2D eigenvalue weighted by atomic mass is 16.7. The van der Waals surface area contributed by atoms with Gasteiger partial charge < -0.3 is 14.2 Å². The van der Waals surface area contributed by atoms with Gasteiger partial charge in [-0.3, -0.25) is 0 Å². The van der Waals surface area contributed by atoms with E-state index in [0.717, 1.165) is 6.42 Å². The van der Waals surface area contributed by atoms with Crippen LogP contribution < -0.4 is 4.74 Å². The number of hydrogen-bond donors (Lipinski definition) is 0. The van der Waals surface area contributed by atoms with Crippen LogP contribution >= 0.6 is 0 Å². The van der Waals surface area contributed by atoms with E-state index in [1.54, 1.807) is 12.4 Å². The molecule has 106 valence electrons. The van der Waals surface area contributed by atoms with E-state index >= 15 is 0 Å². The molecule has 1 unspecified atom stereocenters. The van der Waals surface area contributed by atoms with Crippen LogP contribution in [0.15, 0.2) is 12.4 Å². The fourth-order valence-electron chi connectivity index (χ4n) is 1.79. The van der Waals surface area contributed by atoms with Gasteiger partial charge in [0.2, 0.25) is 0 Å². The summed E-state index contributed by atoms with van der Waals surface area (Å²) in [4.78, 5) is 8.57. The fraction of sp³-hybridized carbons (Fsp3) is 0.714. The molecule has 2 rings (SSSR count). The van der Waals surface area contributed by atoms with Crippen molar-refractivity contribution >= 4 is 0 Å². The van der Waals surface area contributed by atoms with Gasteiger partial charge in [0.05, 0.1) is 25.6 Å². The highest BCUT2D eigenvalue weighted by Gasteiger charge is 2.35. The van der Waals surface area contributed by atoms with Crippen molar-refractivity contribution in [2.45, 2.75) is 46.0 Å². The summed E-state index contributed by atoms with van der Waals surface area (Å²) in [5.74, 6) is 1.41. The zero-order valence-corrected chi connectivity index (χ0v) is 12.0. The van der Waals surface area contributed by atoms with Crippen LogP contribution in [0.1, 0.15) is 46.0 Å². The van der Waals surface area contributed by atoms with Gasteiger partial charge >= 0.3 is 0 Å². The largest absolute Gasteiger partial charge is 0.490 e. The third kappa shape index (κ3) is 4.14. The number of rotatable bonds is 5. The van der Waals surface area contributed by atoms with Crippen molar-refractivity contribution in [3.8, 4) is 5.75 Å². The lowest BCUT2D eigenvalue weighted by Gasteiger charge is -2.16. The smallest absolute Gasteiger partial charge is 0.164 e. The van der Waals surface area contributed by atoms with Gasteiger partial charge in [0.15, 0.2) is 17.4 Å². The average Bonchev–Trinajstić information content (AvgIpc) is 2.70. The maximum absolute atomic E-state index is 5.70. The first-order chi connectivity index (χ1) is 8.96. The molecular formula is C14H22N2O3. The molecule has 19 heavy (non-hydrogen) atoms. The van der Waals surface area contributed by atoms with Crippen LogP contribution in [0.5, 0.6) is 5.75 Å². The molecule has 0 spiro atoms. The maximum Gasteiger partial charge on any atom is 0.164 e. The highest BCUT2D eigenvalue weighted by Crippen LogP contribution is 2.31. The van der Waals surface area contributed by atoms with Crippen molar-refractivity contribution in [1.82, 2.24) is 9.97 Å². The molecule has 0 amide bonds. The SMILES string of the molecule is CC(C)CCOc1cnc(C2COC(C)(C)O2)nc1. The van der Waals surface area contributed by atoms with Crippen molar-refractivity contribution in [3.63, 3.8) is 0 Å². The number of hydrogen-bond acceptors (Lipinski definition) is 5. The standard InChI is InChI=1S/C14H22N2O3/c1-10(2)5-6-17-11-7-15-13(16-8-11)12-9-18-14(3,4)19-12/h7-8,10,12H,5-6,9H2,1-4H3. The third-order valence-corrected chi connectivity index (χ3v) is 2.91. The normalized spacial score (nSPS) is 21.8. The van der Waals surface area contributed by atoms with Crippen LogP contribution in [0.3, 0.4) is 0 Å². The van der Waals surface area contributed by atoms with Crippen LogP contribution in [0.2, 0.25) is 0 Å². The summed E-state index contributed by atoms with van der Waals surface area (Å²) in [6.45, 7) is 9.29. The summed E-state index contributed by atoms with van der Waals surface area (Å²) >= 11 is 0. The van der Waals surface area contributed by atoms with E-state index in [-0.39, 0.29) is 6.10 Å². The predicted molar refractivity (Wildman–Crippen MR) is 70.8 cm³/mol. The lowest BCUT2D eigenvalue weighted by molar-refractivity contribution is -0.139. The van der Waals surface area contributed by atoms with Gasteiger partial charge in [-0.25, -0.2) is 9.97 Å². The van der Waals surface area contributed by atoms with Gasteiger partial charge in [0, 0.05) is 0 Å². The zero-order chi connectivity index (χ0) is 13.9. The van der Waals surface area contributed by atoms with Gasteiger partial charge in [-0.2, -0.15) is 0 Å². The minimum Gasteiger partial charge on any atom is -0.490 e. The van der Waals surface area contributed by atoms with Crippen LogP contribution in [-0.2, 0) is 9.47 Å². The molecule has 0 aliphatic carbocycles. The molecule has 1 aromatic rings. The molecule has 0 radical (unpaired) electrons. The predicted octanol–water partition coefficient (Wildman–Crippen LogP) is 2.73. The molecule has 1 atom stereocenters. The molecule has 2 heterocycles. The van der Waals surface area contributed by atoms with E-state index < -0.39 is 5.79 Å². The second kappa shape index (κ2) is 5.84. The van der Waals surface area contributed by atoms with Crippen LogP contribution in [0.4, 0.5) is 0 Å². The minimum atomic E-state index is -0.555. The molecule has 5 heteroatoms. The number of ether oxygens (including phenoxy) is 3. The second-order valence-corrected chi connectivity index (χ2v) is 5.63. The topological polar surface area (TPSA) is 53.5 Å². The van der Waals surface area contributed by atoms with Crippen LogP contribution in [0, 0.1) is 5.92 Å². The number of aromatic nitrogens is 2. The quantitative estimate of drug-likeness (QED) is 0.820. The Morgan fingerprint density at radius 2 is 2.05 bits per heavy atom. The Balaban J connectivity index is 1.88. The first kappa shape index (κ1) is 14.2. The summed E-state index contributed by atoms with van der Waals surface area (Å²) in [5, 5.41) is 0. The highest BCUT2D eigenvalue weighted by molar-refractivity contribution is 5.13. The summed E-state index contributed by atoms with van der Waals surface area (Å²) in [7, 11) is 0. The molecule has 1 fully saturated rings. The minimum absolute atomic E-state index is 0.195. The first-order valence-corrected chi connectivity index (χ1v) is 6.73. The number of nitrogens with zero attached hydrogens (tertiary/aromatic N) is 2. The molecule has 1 aliphatic heterocycles. The van der Waals surface area contributed by atoms with Gasteiger partial charge in [-0.1, -0.05) is 13.8 Å². The van der Waals surface area contributed by atoms with E-state index in [0.29, 0.717) is 30.7 Å². The van der Waals surface area contributed by atoms with Gasteiger partial charge in [0.25, 0.3) is 0 Å². The lowest BCUT2D eigenvalue weighted by atomic mass is 10.1. The van der Waals surface area contributed by atoms with Crippen LogP contribution in [-0.4, -0.2) is 29.0 Å². The molecule has 1 saturated heterocycles. The summed E-state index contributed by atoms with van der Waals surface area (Å²) in [6, 6.07) is 0. The lowest BCUT2D eigenvalue weighted by Crippen LogP contribution is -2.20. The van der Waals surface area contributed by atoms with E-state index in [2.05, 4.69) is 23.8 Å². The summed E-state index contributed by atoms with van der Waals surface area (Å²) < 4.78 is 16.8. The van der Waals surface area contributed by atoms with Gasteiger partial charge in [-0.05, 0) is 26.2 Å². The first-order valence-electron chi connectivity index (χ1n) is 6.73. The summed E-state index contributed by atoms with van der Waals surface area (Å²) in [5.41, 5.74) is 0. The molecule has 1 aromatic heterocycles. The van der Waals surface area contributed by atoms with E-state index in [4.69, 9.17) is 14.2 Å². The van der Waals surface area contributed by atoms with Gasteiger partial charge in [-0.15, -0.1) is 0 Å². The zero-order valence-electron chi connectivity index (χ0n) is 12.0. The Labute approximate surface area is 114 Å².